The van der Waals surface area contributed by atoms with Crippen molar-refractivity contribution in [2.75, 3.05) is 7.05 Å². The van der Waals surface area contributed by atoms with Gasteiger partial charge in [-0.05, 0) is 53.8 Å². The summed E-state index contributed by atoms with van der Waals surface area (Å²) < 4.78 is 13.4. The summed E-state index contributed by atoms with van der Waals surface area (Å²) in [6.07, 6.45) is 6.04. The Balaban J connectivity index is 2.23. The van der Waals surface area contributed by atoms with Gasteiger partial charge in [0.05, 0.1) is 11.3 Å². The first-order valence-electron chi connectivity index (χ1n) is 6.78. The van der Waals surface area contributed by atoms with Crippen LogP contribution in [0.15, 0.2) is 45.6 Å². The summed E-state index contributed by atoms with van der Waals surface area (Å²) in [5.74, 6) is 0.729. The molecular weight excluding hydrogens is 305 g/mol. The van der Waals surface area contributed by atoms with Gasteiger partial charge in [-0.2, -0.15) is 16.4 Å². The highest BCUT2D eigenvalue weighted by Gasteiger charge is 2.16. The van der Waals surface area contributed by atoms with Gasteiger partial charge in [-0.3, -0.25) is 4.90 Å². The monoisotopic (exact) mass is 323 g/mol. The molecule has 3 nitrogen and oxygen atoms in total. The molecule has 0 atom stereocenters. The van der Waals surface area contributed by atoms with Gasteiger partial charge in [0.25, 0.3) is 0 Å². The van der Waals surface area contributed by atoms with Crippen LogP contribution in [0.3, 0.4) is 0 Å². The summed E-state index contributed by atoms with van der Waals surface area (Å²) in [7, 11) is 1.76. The van der Waals surface area contributed by atoms with E-state index in [4.69, 9.17) is 12.2 Å². The Labute approximate surface area is 133 Å². The Morgan fingerprint density at radius 1 is 1.52 bits per heavy atom. The fourth-order valence-corrected chi connectivity index (χ4v) is 3.10. The maximum atomic E-state index is 13.4. The SMILES string of the molecule is CN/N=C(/Cc1ccsc1)N(C=S)C1=CC=C(F)CCC1. The first-order valence-corrected chi connectivity index (χ1v) is 8.20. The Hall–Kier alpha value is -1.53. The van der Waals surface area contributed by atoms with Crippen LogP contribution in [-0.2, 0) is 6.42 Å². The van der Waals surface area contributed by atoms with Gasteiger partial charge in [0.1, 0.15) is 5.84 Å². The van der Waals surface area contributed by atoms with Crippen LogP contribution in [0.2, 0.25) is 0 Å². The first kappa shape index (κ1) is 15.9. The number of nitrogens with zero attached hydrogens (tertiary/aromatic N) is 2. The highest BCUT2D eigenvalue weighted by atomic mass is 32.1. The quantitative estimate of drug-likeness (QED) is 0.384. The third-order valence-corrected chi connectivity index (χ3v) is 4.12. The van der Waals surface area contributed by atoms with Crippen LogP contribution in [0.4, 0.5) is 4.39 Å². The van der Waals surface area contributed by atoms with Crippen molar-refractivity contribution in [3.8, 4) is 0 Å². The minimum absolute atomic E-state index is 0.0840. The van der Waals surface area contributed by atoms with Gasteiger partial charge >= 0.3 is 0 Å². The van der Waals surface area contributed by atoms with Crippen molar-refractivity contribution >= 4 is 34.9 Å². The fourth-order valence-electron chi connectivity index (χ4n) is 2.17. The predicted octanol–water partition coefficient (Wildman–Crippen LogP) is 4.00. The van der Waals surface area contributed by atoms with Gasteiger partial charge < -0.3 is 5.43 Å². The molecule has 0 amide bonds. The largest absolute Gasteiger partial charge is 0.311 e. The molecule has 1 aliphatic rings. The van der Waals surface area contributed by atoms with Crippen molar-refractivity contribution in [2.24, 2.45) is 5.10 Å². The number of hydrogen-bond donors (Lipinski definition) is 1. The second-order valence-corrected chi connectivity index (χ2v) is 5.65. The van der Waals surface area contributed by atoms with Gasteiger partial charge in [0, 0.05) is 19.2 Å². The number of halogens is 1. The van der Waals surface area contributed by atoms with Crippen LogP contribution in [0, 0.1) is 0 Å². The van der Waals surface area contributed by atoms with Crippen molar-refractivity contribution in [1.29, 1.82) is 0 Å². The smallest absolute Gasteiger partial charge is 0.138 e. The molecular formula is C15H18FN3S2. The van der Waals surface area contributed by atoms with Crippen molar-refractivity contribution in [3.05, 3.63) is 46.1 Å². The van der Waals surface area contributed by atoms with Gasteiger partial charge in [0.15, 0.2) is 0 Å². The van der Waals surface area contributed by atoms with Gasteiger partial charge in [-0.15, -0.1) is 0 Å². The zero-order valence-electron chi connectivity index (χ0n) is 11.9. The molecule has 112 valence electrons. The lowest BCUT2D eigenvalue weighted by Crippen LogP contribution is -2.31. The maximum Gasteiger partial charge on any atom is 0.138 e. The van der Waals surface area contributed by atoms with Gasteiger partial charge in [-0.25, -0.2) is 4.39 Å². The van der Waals surface area contributed by atoms with E-state index in [1.165, 1.54) is 11.6 Å². The van der Waals surface area contributed by atoms with E-state index in [9.17, 15) is 4.39 Å². The lowest BCUT2D eigenvalue weighted by atomic mass is 10.1. The third kappa shape index (κ3) is 4.47. The van der Waals surface area contributed by atoms with E-state index in [0.717, 1.165) is 24.4 Å². The summed E-state index contributed by atoms with van der Waals surface area (Å²) in [5, 5.41) is 8.47. The summed E-state index contributed by atoms with van der Waals surface area (Å²) in [6, 6.07) is 2.07. The van der Waals surface area contributed by atoms with Crippen LogP contribution in [-0.4, -0.2) is 23.3 Å². The molecule has 1 aliphatic carbocycles. The lowest BCUT2D eigenvalue weighted by Gasteiger charge is -2.23. The summed E-state index contributed by atoms with van der Waals surface area (Å²) in [6.45, 7) is 0. The number of hydrogen-bond acceptors (Lipinski definition) is 4. The Bertz CT molecular complexity index is 561. The molecule has 0 saturated heterocycles. The van der Waals surface area contributed by atoms with Crippen molar-refractivity contribution in [2.45, 2.75) is 25.7 Å². The Morgan fingerprint density at radius 3 is 3.05 bits per heavy atom. The minimum atomic E-state index is -0.0840. The van der Waals surface area contributed by atoms with Gasteiger partial charge in [-0.1, -0.05) is 12.2 Å². The predicted molar refractivity (Wildman–Crippen MR) is 91.1 cm³/mol. The molecule has 1 aromatic rings. The molecule has 6 heteroatoms. The van der Waals surface area contributed by atoms with Crippen LogP contribution in [0.25, 0.3) is 0 Å². The second-order valence-electron chi connectivity index (χ2n) is 4.66. The molecule has 0 radical (unpaired) electrons. The number of amidine groups is 1. The number of allylic oxidation sites excluding steroid dienone is 4. The highest BCUT2D eigenvalue weighted by molar-refractivity contribution is 7.78. The van der Waals surface area contributed by atoms with Crippen molar-refractivity contribution in [1.82, 2.24) is 10.3 Å². The molecule has 0 aliphatic heterocycles. The normalized spacial score (nSPS) is 15.8. The van der Waals surface area contributed by atoms with E-state index in [1.54, 1.807) is 30.0 Å². The van der Waals surface area contributed by atoms with Gasteiger partial charge in [0.2, 0.25) is 0 Å². The standard InChI is InChI=1S/C15H18FN3S2/c1-17-18-15(9-12-7-8-21-10-12)19(11-20)14-4-2-3-13(16)5-6-14/h5-8,10-11,17H,2-4,9H2,1H3/b18-15-. The molecule has 0 fully saturated rings. The average molecular weight is 323 g/mol. The molecule has 2 rings (SSSR count). The van der Waals surface area contributed by atoms with Crippen LogP contribution >= 0.6 is 23.6 Å². The molecule has 1 heterocycles. The minimum Gasteiger partial charge on any atom is -0.311 e. The lowest BCUT2D eigenvalue weighted by molar-refractivity contribution is 0.568. The first-order chi connectivity index (χ1) is 10.2. The zero-order valence-corrected chi connectivity index (χ0v) is 13.5. The number of hydrazone groups is 1. The van der Waals surface area contributed by atoms with Crippen molar-refractivity contribution < 1.29 is 4.39 Å². The van der Waals surface area contributed by atoms with E-state index in [1.807, 2.05) is 10.3 Å². The fraction of sp³-hybridized carbons (Fsp3) is 0.333. The third-order valence-electron chi connectivity index (χ3n) is 3.18. The molecule has 1 aromatic heterocycles. The molecule has 0 bridgehead atoms. The average Bonchev–Trinajstić information content (AvgIpc) is 2.89. The molecule has 0 saturated carbocycles. The van der Waals surface area contributed by atoms with E-state index in [2.05, 4.69) is 22.0 Å². The zero-order chi connectivity index (χ0) is 15.1. The van der Waals surface area contributed by atoms with E-state index < -0.39 is 0 Å². The Morgan fingerprint density at radius 2 is 2.38 bits per heavy atom. The van der Waals surface area contributed by atoms with Crippen molar-refractivity contribution in [3.63, 3.8) is 0 Å². The molecule has 21 heavy (non-hydrogen) atoms. The number of thiophene rings is 1. The number of thiocarbonyl (C=S) groups is 1. The van der Waals surface area contributed by atoms with E-state index >= 15 is 0 Å². The van der Waals surface area contributed by atoms with Crippen LogP contribution < -0.4 is 5.43 Å². The molecule has 0 unspecified atom stereocenters. The highest BCUT2D eigenvalue weighted by Crippen LogP contribution is 2.22. The molecule has 0 aromatic carbocycles. The van der Waals surface area contributed by atoms with E-state index in [0.29, 0.717) is 12.8 Å². The van der Waals surface area contributed by atoms with Crippen LogP contribution in [0.5, 0.6) is 0 Å². The summed E-state index contributed by atoms with van der Waals surface area (Å²) in [4.78, 5) is 1.87. The number of nitrogens with one attached hydrogen (secondary N) is 1. The second kappa shape index (κ2) is 8.05. The summed E-state index contributed by atoms with van der Waals surface area (Å²) in [5.41, 5.74) is 6.56. The topological polar surface area (TPSA) is 27.6 Å². The maximum absolute atomic E-state index is 13.4. The molecule has 0 spiro atoms. The van der Waals surface area contributed by atoms with E-state index in [-0.39, 0.29) is 5.83 Å². The Kier molecular flexibility index (Phi) is 6.07. The molecule has 1 N–H and O–H groups in total. The number of rotatable bonds is 5. The van der Waals surface area contributed by atoms with Crippen LogP contribution in [0.1, 0.15) is 24.8 Å². The summed E-state index contributed by atoms with van der Waals surface area (Å²) >= 11 is 6.81.